The monoisotopic (exact) mass is 285 g/mol. The minimum absolute atomic E-state index is 0.142. The number of methoxy groups -OCH3 is 1. The number of aryl methyl sites for hydroxylation is 2. The standard InChI is InChI=1S/C12H16ClN3O3/c1-8-9(12(13)16(2)15-8)4-5-10(17)14-7-6-11(18)19-3/h4-5H,6-7H2,1-3H3,(H,14,17)/b5-4+. The van der Waals surface area contributed by atoms with Gasteiger partial charge in [0.2, 0.25) is 5.91 Å². The van der Waals surface area contributed by atoms with Gasteiger partial charge in [0.15, 0.2) is 0 Å². The van der Waals surface area contributed by atoms with E-state index in [9.17, 15) is 9.59 Å². The summed E-state index contributed by atoms with van der Waals surface area (Å²) in [4.78, 5) is 22.3. The first-order valence-electron chi connectivity index (χ1n) is 5.67. The van der Waals surface area contributed by atoms with Crippen molar-refractivity contribution >= 4 is 29.6 Å². The zero-order valence-corrected chi connectivity index (χ0v) is 11.8. The first-order valence-corrected chi connectivity index (χ1v) is 6.05. The molecule has 0 atom stereocenters. The van der Waals surface area contributed by atoms with Crippen LogP contribution in [0.2, 0.25) is 5.15 Å². The molecule has 0 aliphatic heterocycles. The maximum Gasteiger partial charge on any atom is 0.307 e. The molecule has 0 aliphatic rings. The molecule has 1 heterocycles. The van der Waals surface area contributed by atoms with Crippen molar-refractivity contribution in [1.29, 1.82) is 0 Å². The number of nitrogens with zero attached hydrogens (tertiary/aromatic N) is 2. The Morgan fingerprint density at radius 1 is 1.53 bits per heavy atom. The van der Waals surface area contributed by atoms with Crippen molar-refractivity contribution in [3.05, 3.63) is 22.5 Å². The van der Waals surface area contributed by atoms with Crippen LogP contribution in [0.3, 0.4) is 0 Å². The van der Waals surface area contributed by atoms with Gasteiger partial charge in [-0.1, -0.05) is 11.6 Å². The fourth-order valence-corrected chi connectivity index (χ4v) is 1.68. The lowest BCUT2D eigenvalue weighted by Gasteiger charge is -2.00. The predicted molar refractivity (Wildman–Crippen MR) is 71.6 cm³/mol. The fraction of sp³-hybridized carbons (Fsp3) is 0.417. The molecule has 0 bridgehead atoms. The molecule has 0 aromatic carbocycles. The number of halogens is 1. The lowest BCUT2D eigenvalue weighted by atomic mass is 10.2. The smallest absolute Gasteiger partial charge is 0.307 e. The van der Waals surface area contributed by atoms with Gasteiger partial charge in [0.05, 0.1) is 19.2 Å². The Balaban J connectivity index is 2.52. The molecular formula is C12H16ClN3O3. The molecule has 19 heavy (non-hydrogen) atoms. The highest BCUT2D eigenvalue weighted by Gasteiger charge is 2.08. The number of aromatic nitrogens is 2. The van der Waals surface area contributed by atoms with E-state index in [-0.39, 0.29) is 24.8 Å². The lowest BCUT2D eigenvalue weighted by Crippen LogP contribution is -2.24. The summed E-state index contributed by atoms with van der Waals surface area (Å²) in [6, 6.07) is 0. The third-order valence-electron chi connectivity index (χ3n) is 2.45. The van der Waals surface area contributed by atoms with E-state index < -0.39 is 0 Å². The van der Waals surface area contributed by atoms with Gasteiger partial charge < -0.3 is 10.1 Å². The molecule has 0 radical (unpaired) electrons. The summed E-state index contributed by atoms with van der Waals surface area (Å²) in [7, 11) is 3.03. The van der Waals surface area contributed by atoms with Gasteiger partial charge in [-0.25, -0.2) is 0 Å². The molecule has 0 saturated carbocycles. The summed E-state index contributed by atoms with van der Waals surface area (Å²) in [5, 5.41) is 7.16. The summed E-state index contributed by atoms with van der Waals surface area (Å²) >= 11 is 6.02. The average molecular weight is 286 g/mol. The molecule has 0 aliphatic carbocycles. The van der Waals surface area contributed by atoms with Gasteiger partial charge in [0.25, 0.3) is 0 Å². The zero-order chi connectivity index (χ0) is 14.4. The minimum Gasteiger partial charge on any atom is -0.469 e. The van der Waals surface area contributed by atoms with Crippen LogP contribution < -0.4 is 5.32 Å². The Morgan fingerprint density at radius 2 is 2.21 bits per heavy atom. The van der Waals surface area contributed by atoms with Gasteiger partial charge in [-0.2, -0.15) is 5.10 Å². The Labute approximate surface area is 116 Å². The van der Waals surface area contributed by atoms with Gasteiger partial charge in [0.1, 0.15) is 5.15 Å². The van der Waals surface area contributed by atoms with Crippen LogP contribution in [0.4, 0.5) is 0 Å². The van der Waals surface area contributed by atoms with Crippen molar-refractivity contribution < 1.29 is 14.3 Å². The van der Waals surface area contributed by atoms with Crippen LogP contribution in [0.25, 0.3) is 6.08 Å². The van der Waals surface area contributed by atoms with Gasteiger partial charge in [-0.15, -0.1) is 0 Å². The molecule has 6 nitrogen and oxygen atoms in total. The molecule has 0 saturated heterocycles. The molecular weight excluding hydrogens is 270 g/mol. The Hall–Kier alpha value is -1.82. The van der Waals surface area contributed by atoms with Crippen LogP contribution in [0, 0.1) is 6.92 Å². The van der Waals surface area contributed by atoms with Crippen LogP contribution in [0.5, 0.6) is 0 Å². The molecule has 104 valence electrons. The largest absolute Gasteiger partial charge is 0.469 e. The summed E-state index contributed by atoms with van der Waals surface area (Å²) < 4.78 is 5.99. The quantitative estimate of drug-likeness (QED) is 0.649. The van der Waals surface area contributed by atoms with Crippen molar-refractivity contribution in [2.24, 2.45) is 7.05 Å². The van der Waals surface area contributed by atoms with Crippen LogP contribution in [0.1, 0.15) is 17.7 Å². The molecule has 1 aromatic heterocycles. The van der Waals surface area contributed by atoms with Crippen LogP contribution in [-0.4, -0.2) is 35.3 Å². The lowest BCUT2D eigenvalue weighted by molar-refractivity contribution is -0.140. The van der Waals surface area contributed by atoms with E-state index in [1.54, 1.807) is 20.0 Å². The number of carbonyl (C=O) groups is 2. The van der Waals surface area contributed by atoms with E-state index >= 15 is 0 Å². The normalized spacial score (nSPS) is 10.7. The third-order valence-corrected chi connectivity index (χ3v) is 2.90. The van der Waals surface area contributed by atoms with Crippen molar-refractivity contribution in [3.8, 4) is 0 Å². The Kier molecular flexibility index (Phi) is 5.57. The summed E-state index contributed by atoms with van der Waals surface area (Å²) in [5.41, 5.74) is 1.44. The van der Waals surface area contributed by atoms with Gasteiger partial charge >= 0.3 is 5.97 Å². The first-order chi connectivity index (χ1) is 8.95. The number of carbonyl (C=O) groups excluding carboxylic acids is 2. The highest BCUT2D eigenvalue weighted by molar-refractivity contribution is 6.31. The number of ether oxygens (including phenoxy) is 1. The predicted octanol–water partition coefficient (Wildman–Crippen LogP) is 1.07. The average Bonchev–Trinajstić information content (AvgIpc) is 2.61. The van der Waals surface area contributed by atoms with E-state index in [1.807, 2.05) is 0 Å². The topological polar surface area (TPSA) is 73.2 Å². The van der Waals surface area contributed by atoms with Crippen LogP contribution >= 0.6 is 11.6 Å². The molecule has 1 rings (SSSR count). The molecule has 7 heteroatoms. The number of esters is 1. The number of amides is 1. The molecule has 1 aromatic rings. The molecule has 1 amide bonds. The molecule has 1 N–H and O–H groups in total. The van der Waals surface area contributed by atoms with Crippen molar-refractivity contribution in [2.45, 2.75) is 13.3 Å². The zero-order valence-electron chi connectivity index (χ0n) is 11.1. The SMILES string of the molecule is COC(=O)CCNC(=O)/C=C/c1c(C)nn(C)c1Cl. The fourth-order valence-electron chi connectivity index (χ4n) is 1.44. The second-order valence-corrected chi connectivity index (χ2v) is 4.22. The van der Waals surface area contributed by atoms with E-state index in [0.717, 1.165) is 5.69 Å². The Bertz CT molecular complexity index is 509. The summed E-state index contributed by atoms with van der Waals surface area (Å²) in [6.07, 6.45) is 3.09. The maximum atomic E-state index is 11.5. The third kappa shape index (κ3) is 4.40. The second kappa shape index (κ2) is 6.94. The van der Waals surface area contributed by atoms with Crippen molar-refractivity contribution in [2.75, 3.05) is 13.7 Å². The summed E-state index contributed by atoms with van der Waals surface area (Å²) in [5.74, 6) is -0.668. The van der Waals surface area contributed by atoms with Crippen molar-refractivity contribution in [3.63, 3.8) is 0 Å². The van der Waals surface area contributed by atoms with E-state index in [2.05, 4.69) is 15.2 Å². The maximum absolute atomic E-state index is 11.5. The Morgan fingerprint density at radius 3 is 2.74 bits per heavy atom. The van der Waals surface area contributed by atoms with Gasteiger partial charge in [-0.3, -0.25) is 14.3 Å². The first kappa shape index (κ1) is 15.2. The van der Waals surface area contributed by atoms with Crippen LogP contribution in [0.15, 0.2) is 6.08 Å². The number of nitrogens with one attached hydrogen (secondary N) is 1. The molecule has 0 unspecified atom stereocenters. The number of rotatable bonds is 5. The van der Waals surface area contributed by atoms with Gasteiger partial charge in [0, 0.05) is 25.2 Å². The molecule has 0 spiro atoms. The van der Waals surface area contributed by atoms with E-state index in [0.29, 0.717) is 10.7 Å². The minimum atomic E-state index is -0.365. The number of hydrogen-bond acceptors (Lipinski definition) is 4. The highest BCUT2D eigenvalue weighted by atomic mass is 35.5. The van der Waals surface area contributed by atoms with E-state index in [1.165, 1.54) is 17.9 Å². The summed E-state index contributed by atoms with van der Waals surface area (Å²) in [6.45, 7) is 2.04. The van der Waals surface area contributed by atoms with E-state index in [4.69, 9.17) is 11.6 Å². The molecule has 0 fully saturated rings. The van der Waals surface area contributed by atoms with Crippen molar-refractivity contribution in [1.82, 2.24) is 15.1 Å². The van der Waals surface area contributed by atoms with Crippen LogP contribution in [-0.2, 0) is 21.4 Å². The second-order valence-electron chi connectivity index (χ2n) is 3.86. The number of hydrogen-bond donors (Lipinski definition) is 1. The van der Waals surface area contributed by atoms with Gasteiger partial charge in [-0.05, 0) is 13.0 Å². The highest BCUT2D eigenvalue weighted by Crippen LogP contribution is 2.19.